The summed E-state index contributed by atoms with van der Waals surface area (Å²) in [5.41, 5.74) is 4.83. The summed E-state index contributed by atoms with van der Waals surface area (Å²) in [6, 6.07) is 8.72. The van der Waals surface area contributed by atoms with Gasteiger partial charge in [-0.15, -0.1) is 0 Å². The summed E-state index contributed by atoms with van der Waals surface area (Å²) in [4.78, 5) is 2.18. The molecule has 0 aliphatic heterocycles. The predicted octanol–water partition coefficient (Wildman–Crippen LogP) is 2.96. The van der Waals surface area contributed by atoms with Crippen molar-refractivity contribution >= 4 is 5.69 Å². The lowest BCUT2D eigenvalue weighted by molar-refractivity contribution is 0.403. The van der Waals surface area contributed by atoms with Gasteiger partial charge in [-0.1, -0.05) is 18.2 Å². The Morgan fingerprint density at radius 2 is 2.00 bits per heavy atom. The van der Waals surface area contributed by atoms with Gasteiger partial charge in [0.15, 0.2) is 0 Å². The monoisotopic (exact) mass is 272 g/mol. The molecular weight excluding hydrogens is 248 g/mol. The zero-order valence-corrected chi connectivity index (χ0v) is 13.0. The summed E-state index contributed by atoms with van der Waals surface area (Å²) in [6.07, 6.45) is 2.08. The Balaban J connectivity index is 2.19. The number of benzene rings is 1. The predicted molar refractivity (Wildman–Crippen MR) is 83.8 cm³/mol. The summed E-state index contributed by atoms with van der Waals surface area (Å²) < 4.78 is 1.87. The number of hydrogen-bond donors (Lipinski definition) is 1. The molecule has 1 N–H and O–H groups in total. The fourth-order valence-electron chi connectivity index (χ4n) is 2.49. The quantitative estimate of drug-likeness (QED) is 0.908. The fourth-order valence-corrected chi connectivity index (χ4v) is 2.49. The minimum absolute atomic E-state index is 0.243. The second kappa shape index (κ2) is 6.09. The number of rotatable bonds is 5. The van der Waals surface area contributed by atoms with E-state index >= 15 is 0 Å². The number of nitrogens with one attached hydrogen (secondary N) is 1. The number of anilines is 1. The molecule has 20 heavy (non-hydrogen) atoms. The van der Waals surface area contributed by atoms with E-state index in [-0.39, 0.29) is 6.04 Å². The highest BCUT2D eigenvalue weighted by molar-refractivity contribution is 5.52. The van der Waals surface area contributed by atoms with Gasteiger partial charge in [-0.2, -0.15) is 5.10 Å². The summed E-state index contributed by atoms with van der Waals surface area (Å²) in [6.45, 7) is 5.16. The normalized spacial score (nSPS) is 12.7. The molecule has 2 rings (SSSR count). The molecule has 2 aromatic rings. The maximum absolute atomic E-state index is 4.41. The van der Waals surface area contributed by atoms with Crippen LogP contribution in [0.15, 0.2) is 30.5 Å². The zero-order valence-electron chi connectivity index (χ0n) is 13.0. The molecule has 0 saturated heterocycles. The van der Waals surface area contributed by atoms with Crippen molar-refractivity contribution in [3.63, 3.8) is 0 Å². The molecule has 0 amide bonds. The summed E-state index contributed by atoms with van der Waals surface area (Å²) in [5, 5.41) is 8.02. The lowest BCUT2D eigenvalue weighted by atomic mass is 10.1. The van der Waals surface area contributed by atoms with E-state index in [2.05, 4.69) is 73.7 Å². The molecule has 4 heteroatoms. The molecule has 108 valence electrons. The van der Waals surface area contributed by atoms with Crippen molar-refractivity contribution in [2.45, 2.75) is 26.4 Å². The van der Waals surface area contributed by atoms with Crippen molar-refractivity contribution in [3.8, 4) is 0 Å². The molecule has 0 fully saturated rings. The molecular formula is C16H24N4. The molecule has 0 bridgehead atoms. The van der Waals surface area contributed by atoms with Crippen molar-refractivity contribution in [2.75, 3.05) is 19.4 Å². The van der Waals surface area contributed by atoms with Gasteiger partial charge in [-0.25, -0.2) is 0 Å². The molecule has 1 aromatic carbocycles. The average Bonchev–Trinajstić information content (AvgIpc) is 2.70. The van der Waals surface area contributed by atoms with Gasteiger partial charge >= 0.3 is 0 Å². The highest BCUT2D eigenvalue weighted by Gasteiger charge is 2.13. The molecule has 0 aliphatic carbocycles. The summed E-state index contributed by atoms with van der Waals surface area (Å²) in [5.74, 6) is 0. The number of para-hydroxylation sites is 1. The Kier molecular flexibility index (Phi) is 4.45. The Bertz CT molecular complexity index is 572. The fraction of sp³-hybridized carbons (Fsp3) is 0.438. The van der Waals surface area contributed by atoms with Crippen LogP contribution < -0.4 is 5.32 Å². The maximum Gasteiger partial charge on any atom is 0.0646 e. The van der Waals surface area contributed by atoms with E-state index < -0.39 is 0 Å². The van der Waals surface area contributed by atoms with Gasteiger partial charge in [-0.05, 0) is 39.6 Å². The molecule has 0 spiro atoms. The van der Waals surface area contributed by atoms with Crippen LogP contribution in [0.1, 0.15) is 29.8 Å². The van der Waals surface area contributed by atoms with Crippen LogP contribution in [0.5, 0.6) is 0 Å². The molecule has 0 radical (unpaired) electrons. The number of aromatic nitrogens is 2. The zero-order chi connectivity index (χ0) is 14.7. The molecule has 0 aliphatic rings. The molecule has 1 aromatic heterocycles. The molecule has 1 unspecified atom stereocenters. The van der Waals surface area contributed by atoms with Gasteiger partial charge in [-0.3, -0.25) is 4.68 Å². The van der Waals surface area contributed by atoms with Gasteiger partial charge < -0.3 is 10.2 Å². The largest absolute Gasteiger partial charge is 0.378 e. The van der Waals surface area contributed by atoms with Gasteiger partial charge in [0.1, 0.15) is 0 Å². The summed E-state index contributed by atoms with van der Waals surface area (Å²) in [7, 11) is 6.14. The van der Waals surface area contributed by atoms with Crippen LogP contribution in [0.2, 0.25) is 0 Å². The summed E-state index contributed by atoms with van der Waals surface area (Å²) >= 11 is 0. The van der Waals surface area contributed by atoms with E-state index in [1.54, 1.807) is 0 Å². The van der Waals surface area contributed by atoms with Crippen LogP contribution in [0, 0.1) is 6.92 Å². The maximum atomic E-state index is 4.41. The van der Waals surface area contributed by atoms with Crippen LogP contribution in [0.3, 0.4) is 0 Å². The van der Waals surface area contributed by atoms with E-state index in [0.29, 0.717) is 0 Å². The van der Waals surface area contributed by atoms with Crippen LogP contribution >= 0.6 is 0 Å². The molecule has 1 heterocycles. The van der Waals surface area contributed by atoms with E-state index in [4.69, 9.17) is 0 Å². The second-order valence-corrected chi connectivity index (χ2v) is 5.60. The highest BCUT2D eigenvalue weighted by atomic mass is 15.3. The first-order chi connectivity index (χ1) is 9.47. The van der Waals surface area contributed by atoms with Crippen molar-refractivity contribution in [2.24, 2.45) is 7.05 Å². The lowest BCUT2D eigenvalue weighted by Crippen LogP contribution is -2.14. The first-order valence-corrected chi connectivity index (χ1v) is 6.96. The SMILES string of the molecule is Cc1nn(C)cc1C(C)Nc1ccccc1CN(C)C. The lowest BCUT2D eigenvalue weighted by Gasteiger charge is -2.19. The van der Waals surface area contributed by atoms with Gasteiger partial charge in [0.2, 0.25) is 0 Å². The highest BCUT2D eigenvalue weighted by Crippen LogP contribution is 2.24. The second-order valence-electron chi connectivity index (χ2n) is 5.60. The standard InChI is InChI=1S/C16H24N4/c1-12(15-11-20(5)18-13(15)2)17-16-9-7-6-8-14(16)10-19(3)4/h6-9,11-12,17H,10H2,1-5H3. The van der Waals surface area contributed by atoms with Crippen molar-refractivity contribution in [1.29, 1.82) is 0 Å². The van der Waals surface area contributed by atoms with Gasteiger partial charge in [0, 0.05) is 31.0 Å². The Morgan fingerprint density at radius 1 is 1.30 bits per heavy atom. The van der Waals surface area contributed by atoms with E-state index in [9.17, 15) is 0 Å². The third kappa shape index (κ3) is 3.39. The van der Waals surface area contributed by atoms with Crippen molar-refractivity contribution in [1.82, 2.24) is 14.7 Å². The molecule has 0 saturated carbocycles. The van der Waals surface area contributed by atoms with Crippen LogP contribution in [-0.2, 0) is 13.6 Å². The van der Waals surface area contributed by atoms with Crippen molar-refractivity contribution in [3.05, 3.63) is 47.3 Å². The van der Waals surface area contributed by atoms with E-state index in [1.807, 2.05) is 11.7 Å². The molecule has 1 atom stereocenters. The number of aryl methyl sites for hydroxylation is 2. The number of nitrogens with zero attached hydrogens (tertiary/aromatic N) is 3. The topological polar surface area (TPSA) is 33.1 Å². The minimum Gasteiger partial charge on any atom is -0.378 e. The first-order valence-electron chi connectivity index (χ1n) is 6.96. The third-order valence-corrected chi connectivity index (χ3v) is 3.39. The van der Waals surface area contributed by atoms with Crippen LogP contribution in [0.25, 0.3) is 0 Å². The molecule has 4 nitrogen and oxygen atoms in total. The third-order valence-electron chi connectivity index (χ3n) is 3.39. The van der Waals surface area contributed by atoms with Crippen molar-refractivity contribution < 1.29 is 0 Å². The van der Waals surface area contributed by atoms with E-state index in [1.165, 1.54) is 16.8 Å². The van der Waals surface area contributed by atoms with Gasteiger partial charge in [0.05, 0.1) is 11.7 Å². The Morgan fingerprint density at radius 3 is 2.60 bits per heavy atom. The van der Waals surface area contributed by atoms with E-state index in [0.717, 1.165) is 12.2 Å². The van der Waals surface area contributed by atoms with Crippen LogP contribution in [0.4, 0.5) is 5.69 Å². The minimum atomic E-state index is 0.243. The smallest absolute Gasteiger partial charge is 0.0646 e. The van der Waals surface area contributed by atoms with Gasteiger partial charge in [0.25, 0.3) is 0 Å². The first kappa shape index (κ1) is 14.6. The Hall–Kier alpha value is -1.81. The number of hydrogen-bond acceptors (Lipinski definition) is 3. The van der Waals surface area contributed by atoms with Crippen LogP contribution in [-0.4, -0.2) is 28.8 Å². The average molecular weight is 272 g/mol. The Labute approximate surface area is 121 Å².